The number of benzene rings is 1. The monoisotopic (exact) mass is 259 g/mol. The number of amides is 1. The number of hydrogen-bond acceptors (Lipinski definition) is 3. The first-order valence-corrected chi connectivity index (χ1v) is 5.69. The third-order valence-corrected chi connectivity index (χ3v) is 2.52. The first-order chi connectivity index (χ1) is 9.06. The van der Waals surface area contributed by atoms with E-state index in [1.807, 2.05) is 24.3 Å². The molecule has 0 saturated heterocycles. The minimum absolute atomic E-state index is 0.00716. The molecular weight excluding hydrogens is 246 g/mol. The van der Waals surface area contributed by atoms with Gasteiger partial charge in [-0.1, -0.05) is 12.1 Å². The van der Waals surface area contributed by atoms with E-state index in [9.17, 15) is 9.59 Å². The molecule has 1 heterocycles. The van der Waals surface area contributed by atoms with Crippen molar-refractivity contribution in [3.63, 3.8) is 0 Å². The van der Waals surface area contributed by atoms with E-state index in [0.717, 1.165) is 11.3 Å². The third kappa shape index (κ3) is 3.19. The molecule has 0 aliphatic rings. The van der Waals surface area contributed by atoms with Crippen molar-refractivity contribution in [3.05, 3.63) is 47.8 Å². The highest BCUT2D eigenvalue weighted by Crippen LogP contribution is 2.10. The van der Waals surface area contributed by atoms with Gasteiger partial charge in [-0.2, -0.15) is 5.10 Å². The summed E-state index contributed by atoms with van der Waals surface area (Å²) in [5.74, 6) is -1.16. The Morgan fingerprint density at radius 3 is 2.79 bits per heavy atom. The molecule has 2 rings (SSSR count). The Labute approximate surface area is 109 Å². The quantitative estimate of drug-likeness (QED) is 0.864. The van der Waals surface area contributed by atoms with Crippen LogP contribution in [-0.4, -0.2) is 26.8 Å². The maximum atomic E-state index is 10.9. The Bertz CT molecular complexity index is 619. The van der Waals surface area contributed by atoms with Gasteiger partial charge in [0, 0.05) is 19.7 Å². The fourth-order valence-corrected chi connectivity index (χ4v) is 1.62. The summed E-state index contributed by atoms with van der Waals surface area (Å²) in [6.07, 6.45) is 1.58. The summed E-state index contributed by atoms with van der Waals surface area (Å²) in [5, 5.41) is 15.5. The number of nitrogens with zero attached hydrogens (tertiary/aromatic N) is 2. The molecule has 0 aliphatic heterocycles. The normalized spacial score (nSPS) is 10.2. The highest BCUT2D eigenvalue weighted by molar-refractivity contribution is 5.85. The van der Waals surface area contributed by atoms with Gasteiger partial charge in [-0.3, -0.25) is 4.79 Å². The standard InChI is InChI=1S/C13H13N3O3/c1-9(17)14-8-10-3-2-4-11(7-10)16-6-5-12(15-16)13(18)19/h2-7H,8H2,1H3,(H,14,17)(H,18,19). The largest absolute Gasteiger partial charge is 0.476 e. The van der Waals surface area contributed by atoms with Gasteiger partial charge in [-0.05, 0) is 23.8 Å². The Morgan fingerprint density at radius 2 is 2.16 bits per heavy atom. The van der Waals surface area contributed by atoms with Gasteiger partial charge in [0.05, 0.1) is 5.69 Å². The lowest BCUT2D eigenvalue weighted by Gasteiger charge is -2.06. The van der Waals surface area contributed by atoms with Crippen molar-refractivity contribution in [1.82, 2.24) is 15.1 Å². The average Bonchev–Trinajstić information content (AvgIpc) is 2.86. The van der Waals surface area contributed by atoms with Crippen LogP contribution in [0.4, 0.5) is 0 Å². The first kappa shape index (κ1) is 12.8. The summed E-state index contributed by atoms with van der Waals surface area (Å²) in [7, 11) is 0. The van der Waals surface area contributed by atoms with E-state index < -0.39 is 5.97 Å². The van der Waals surface area contributed by atoms with Gasteiger partial charge >= 0.3 is 5.97 Å². The van der Waals surface area contributed by atoms with Crippen molar-refractivity contribution in [2.75, 3.05) is 0 Å². The van der Waals surface area contributed by atoms with Gasteiger partial charge in [0.2, 0.25) is 5.91 Å². The molecule has 2 N–H and O–H groups in total. The number of aromatic carboxylic acids is 1. The molecule has 1 amide bonds. The van der Waals surface area contributed by atoms with Crippen molar-refractivity contribution < 1.29 is 14.7 Å². The van der Waals surface area contributed by atoms with Gasteiger partial charge in [0.1, 0.15) is 0 Å². The Balaban J connectivity index is 2.21. The predicted molar refractivity (Wildman–Crippen MR) is 68.0 cm³/mol. The minimum atomic E-state index is -1.06. The summed E-state index contributed by atoms with van der Waals surface area (Å²) in [6.45, 7) is 1.88. The van der Waals surface area contributed by atoms with Crippen LogP contribution in [0.15, 0.2) is 36.5 Å². The second-order valence-electron chi connectivity index (χ2n) is 4.03. The second kappa shape index (κ2) is 5.34. The SMILES string of the molecule is CC(=O)NCc1cccc(-n2ccc(C(=O)O)n2)c1. The lowest BCUT2D eigenvalue weighted by Crippen LogP contribution is -2.18. The van der Waals surface area contributed by atoms with Crippen molar-refractivity contribution in [1.29, 1.82) is 0 Å². The van der Waals surface area contributed by atoms with Crippen LogP contribution in [0.3, 0.4) is 0 Å². The van der Waals surface area contributed by atoms with Crippen LogP contribution < -0.4 is 5.32 Å². The zero-order valence-electron chi connectivity index (χ0n) is 10.3. The lowest BCUT2D eigenvalue weighted by atomic mass is 10.2. The number of aromatic nitrogens is 2. The van der Waals surface area contributed by atoms with E-state index >= 15 is 0 Å². The molecule has 0 atom stereocenters. The van der Waals surface area contributed by atoms with Gasteiger partial charge in [-0.15, -0.1) is 0 Å². The van der Waals surface area contributed by atoms with Crippen LogP contribution >= 0.6 is 0 Å². The average molecular weight is 259 g/mol. The Hall–Kier alpha value is -2.63. The van der Waals surface area contributed by atoms with Crippen molar-refractivity contribution in [3.8, 4) is 5.69 Å². The molecule has 1 aromatic carbocycles. The molecule has 0 saturated carbocycles. The molecule has 0 spiro atoms. The molecule has 0 fully saturated rings. The summed E-state index contributed by atoms with van der Waals surface area (Å²) >= 11 is 0. The van der Waals surface area contributed by atoms with Crippen molar-refractivity contribution in [2.24, 2.45) is 0 Å². The highest BCUT2D eigenvalue weighted by atomic mass is 16.4. The third-order valence-electron chi connectivity index (χ3n) is 2.52. The second-order valence-corrected chi connectivity index (χ2v) is 4.03. The van der Waals surface area contributed by atoms with E-state index in [4.69, 9.17) is 5.11 Å². The summed E-state index contributed by atoms with van der Waals surface area (Å²) in [4.78, 5) is 21.6. The van der Waals surface area contributed by atoms with Gasteiger partial charge < -0.3 is 10.4 Å². The lowest BCUT2D eigenvalue weighted by molar-refractivity contribution is -0.119. The summed E-state index contributed by atoms with van der Waals surface area (Å²) in [5.41, 5.74) is 1.66. The van der Waals surface area contributed by atoms with Crippen LogP contribution in [0.5, 0.6) is 0 Å². The number of rotatable bonds is 4. The zero-order valence-corrected chi connectivity index (χ0v) is 10.3. The maximum absolute atomic E-state index is 10.9. The first-order valence-electron chi connectivity index (χ1n) is 5.69. The summed E-state index contributed by atoms with van der Waals surface area (Å²) < 4.78 is 1.49. The fourth-order valence-electron chi connectivity index (χ4n) is 1.62. The van der Waals surface area contributed by atoms with Crippen LogP contribution in [0, 0.1) is 0 Å². The van der Waals surface area contributed by atoms with Crippen LogP contribution in [0.25, 0.3) is 5.69 Å². The predicted octanol–water partition coefficient (Wildman–Crippen LogP) is 1.21. The number of hydrogen-bond donors (Lipinski definition) is 2. The van der Waals surface area contributed by atoms with Crippen molar-refractivity contribution >= 4 is 11.9 Å². The van der Waals surface area contributed by atoms with Gasteiger partial charge in [-0.25, -0.2) is 9.48 Å². The number of carbonyl (C=O) groups excluding carboxylic acids is 1. The summed E-state index contributed by atoms with van der Waals surface area (Å²) in [6, 6.07) is 8.79. The van der Waals surface area contributed by atoms with Crippen LogP contribution in [-0.2, 0) is 11.3 Å². The molecule has 6 heteroatoms. The van der Waals surface area contributed by atoms with E-state index in [0.29, 0.717) is 6.54 Å². The van der Waals surface area contributed by atoms with E-state index in [1.165, 1.54) is 17.7 Å². The molecule has 0 radical (unpaired) electrons. The molecule has 2 aromatic rings. The minimum Gasteiger partial charge on any atom is -0.476 e. The smallest absolute Gasteiger partial charge is 0.356 e. The molecule has 19 heavy (non-hydrogen) atoms. The molecule has 1 aromatic heterocycles. The molecule has 0 aliphatic carbocycles. The van der Waals surface area contributed by atoms with E-state index in [1.54, 1.807) is 6.20 Å². The Kier molecular flexibility index (Phi) is 3.61. The number of nitrogens with one attached hydrogen (secondary N) is 1. The number of carbonyl (C=O) groups is 2. The number of carboxylic acids is 1. The van der Waals surface area contributed by atoms with E-state index in [-0.39, 0.29) is 11.6 Å². The van der Waals surface area contributed by atoms with Crippen LogP contribution in [0.1, 0.15) is 23.0 Å². The van der Waals surface area contributed by atoms with Gasteiger partial charge in [0.25, 0.3) is 0 Å². The highest BCUT2D eigenvalue weighted by Gasteiger charge is 2.07. The fraction of sp³-hybridized carbons (Fsp3) is 0.154. The zero-order chi connectivity index (χ0) is 13.8. The van der Waals surface area contributed by atoms with Crippen molar-refractivity contribution in [2.45, 2.75) is 13.5 Å². The van der Waals surface area contributed by atoms with Crippen LogP contribution in [0.2, 0.25) is 0 Å². The number of carboxylic acid groups (broad SMARTS) is 1. The molecule has 0 unspecified atom stereocenters. The maximum Gasteiger partial charge on any atom is 0.356 e. The van der Waals surface area contributed by atoms with Gasteiger partial charge in [0.15, 0.2) is 5.69 Å². The topological polar surface area (TPSA) is 84.2 Å². The van der Waals surface area contributed by atoms with E-state index in [2.05, 4.69) is 10.4 Å². The molecule has 98 valence electrons. The molecule has 6 nitrogen and oxygen atoms in total. The molecular formula is C13H13N3O3. The Morgan fingerprint density at radius 1 is 1.37 bits per heavy atom. The molecule has 0 bridgehead atoms.